The lowest BCUT2D eigenvalue weighted by atomic mass is 9.91. The highest BCUT2D eigenvalue weighted by Crippen LogP contribution is 2.28. The number of aliphatic imine (C=N–C) groups is 1. The molecule has 2 rings (SSSR count). The van der Waals surface area contributed by atoms with Gasteiger partial charge in [-0.15, -0.1) is 5.54 Å². The van der Waals surface area contributed by atoms with E-state index < -0.39 is 8.07 Å². The maximum Gasteiger partial charge on any atom is 0.146 e. The second-order valence-corrected chi connectivity index (χ2v) is 13.2. The summed E-state index contributed by atoms with van der Waals surface area (Å²) in [6.45, 7) is 6.82. The van der Waals surface area contributed by atoms with Crippen molar-refractivity contribution < 1.29 is 4.74 Å². The maximum atomic E-state index is 5.22. The first kappa shape index (κ1) is 19.1. The van der Waals surface area contributed by atoms with Crippen molar-refractivity contribution in [3.63, 3.8) is 0 Å². The molecule has 0 aliphatic heterocycles. The fourth-order valence-electron chi connectivity index (χ4n) is 2.66. The molecule has 24 heavy (non-hydrogen) atoms. The van der Waals surface area contributed by atoms with E-state index in [1.807, 2.05) is 36.0 Å². The minimum Gasteiger partial charge on any atom is -0.497 e. The average molecular weight is 360 g/mol. The first-order chi connectivity index (χ1) is 11.5. The van der Waals surface area contributed by atoms with Gasteiger partial charge in [0.2, 0.25) is 0 Å². The molecule has 4 heteroatoms. The molecule has 1 aliphatic carbocycles. The third kappa shape index (κ3) is 7.15. The SMILES string of the molecule is COc1ccc(N=C(C#C[Si](C)(C)C)SCC2CCCCC2)cc1. The molecule has 0 atom stereocenters. The molecule has 1 saturated carbocycles. The van der Waals surface area contributed by atoms with Crippen molar-refractivity contribution in [3.05, 3.63) is 24.3 Å². The number of rotatable bonds is 4. The van der Waals surface area contributed by atoms with Crippen LogP contribution in [0.15, 0.2) is 29.3 Å². The van der Waals surface area contributed by atoms with Gasteiger partial charge in [0.15, 0.2) is 0 Å². The molecular weight excluding hydrogens is 330 g/mol. The minimum absolute atomic E-state index is 0.832. The van der Waals surface area contributed by atoms with Gasteiger partial charge >= 0.3 is 0 Å². The van der Waals surface area contributed by atoms with Crippen LogP contribution >= 0.6 is 11.8 Å². The molecule has 1 aromatic rings. The van der Waals surface area contributed by atoms with Crippen LogP contribution in [0, 0.1) is 17.4 Å². The molecule has 0 N–H and O–H groups in total. The number of thioether (sulfide) groups is 1. The summed E-state index contributed by atoms with van der Waals surface area (Å²) in [5.41, 5.74) is 4.42. The van der Waals surface area contributed by atoms with E-state index in [-0.39, 0.29) is 0 Å². The van der Waals surface area contributed by atoms with Gasteiger partial charge in [-0.3, -0.25) is 0 Å². The Morgan fingerprint density at radius 1 is 1.17 bits per heavy atom. The molecule has 0 amide bonds. The zero-order chi connectivity index (χ0) is 17.4. The lowest BCUT2D eigenvalue weighted by Crippen LogP contribution is -2.17. The van der Waals surface area contributed by atoms with Crippen molar-refractivity contribution in [3.8, 4) is 17.2 Å². The lowest BCUT2D eigenvalue weighted by Gasteiger charge is -2.20. The summed E-state index contributed by atoms with van der Waals surface area (Å²) in [5.74, 6) is 6.21. The van der Waals surface area contributed by atoms with E-state index in [2.05, 4.69) is 31.1 Å². The summed E-state index contributed by atoms with van der Waals surface area (Å²) in [5, 5.41) is 0.966. The highest BCUT2D eigenvalue weighted by atomic mass is 32.2. The van der Waals surface area contributed by atoms with Crippen LogP contribution in [-0.2, 0) is 0 Å². The van der Waals surface area contributed by atoms with Gasteiger partial charge in [-0.25, -0.2) is 4.99 Å². The second-order valence-electron chi connectivity index (χ2n) is 7.43. The van der Waals surface area contributed by atoms with Crippen molar-refractivity contribution in [2.24, 2.45) is 10.9 Å². The normalized spacial score (nSPS) is 16.4. The van der Waals surface area contributed by atoms with Crippen molar-refractivity contribution in [1.29, 1.82) is 0 Å². The van der Waals surface area contributed by atoms with Gasteiger partial charge in [-0.05, 0) is 48.9 Å². The van der Waals surface area contributed by atoms with Crippen LogP contribution in [-0.4, -0.2) is 26.0 Å². The van der Waals surface area contributed by atoms with E-state index in [0.717, 1.165) is 28.2 Å². The Kier molecular flexibility index (Phi) is 7.45. The van der Waals surface area contributed by atoms with Gasteiger partial charge < -0.3 is 4.74 Å². The van der Waals surface area contributed by atoms with Crippen molar-refractivity contribution in [2.75, 3.05) is 12.9 Å². The van der Waals surface area contributed by atoms with Crippen LogP contribution in [0.25, 0.3) is 0 Å². The summed E-state index contributed by atoms with van der Waals surface area (Å²) in [4.78, 5) is 4.79. The van der Waals surface area contributed by atoms with Crippen molar-refractivity contribution in [2.45, 2.75) is 51.7 Å². The van der Waals surface area contributed by atoms with Gasteiger partial charge in [0.1, 0.15) is 18.9 Å². The summed E-state index contributed by atoms with van der Waals surface area (Å²) >= 11 is 1.84. The zero-order valence-electron chi connectivity index (χ0n) is 15.4. The molecule has 2 nitrogen and oxygen atoms in total. The van der Waals surface area contributed by atoms with E-state index in [1.54, 1.807) is 7.11 Å². The van der Waals surface area contributed by atoms with E-state index in [0.29, 0.717) is 0 Å². The molecule has 0 radical (unpaired) electrons. The molecule has 0 unspecified atom stereocenters. The Balaban J connectivity index is 2.10. The van der Waals surface area contributed by atoms with Gasteiger partial charge in [0.25, 0.3) is 0 Å². The Hall–Kier alpha value is -1.18. The molecular formula is C20H29NOSSi. The highest BCUT2D eigenvalue weighted by Gasteiger charge is 2.15. The molecule has 0 heterocycles. The maximum absolute atomic E-state index is 5.22. The predicted octanol–water partition coefficient (Wildman–Crippen LogP) is 5.92. The summed E-state index contributed by atoms with van der Waals surface area (Å²) < 4.78 is 5.22. The largest absolute Gasteiger partial charge is 0.497 e. The van der Waals surface area contributed by atoms with Crippen LogP contribution in [0.1, 0.15) is 32.1 Å². The van der Waals surface area contributed by atoms with Crippen LogP contribution in [0.2, 0.25) is 19.6 Å². The number of hydrogen-bond acceptors (Lipinski definition) is 3. The van der Waals surface area contributed by atoms with E-state index in [1.165, 1.54) is 32.1 Å². The molecule has 0 bridgehead atoms. The first-order valence-electron chi connectivity index (χ1n) is 8.85. The summed E-state index contributed by atoms with van der Waals surface area (Å²) in [7, 11) is 0.288. The Morgan fingerprint density at radius 3 is 2.42 bits per heavy atom. The molecule has 0 spiro atoms. The number of nitrogens with zero attached hydrogens (tertiary/aromatic N) is 1. The van der Waals surface area contributed by atoms with Gasteiger partial charge in [0.05, 0.1) is 12.8 Å². The third-order valence-electron chi connectivity index (χ3n) is 4.03. The Bertz CT molecular complexity index is 601. The van der Waals surface area contributed by atoms with Crippen LogP contribution in [0.5, 0.6) is 5.75 Å². The standard InChI is InChI=1S/C20H29NOSSi/c1-22-19-12-10-18(11-13-19)21-20(14-15-24(2,3)4)23-16-17-8-6-5-7-9-17/h10-13,17H,5-9,16H2,1-4H3. The smallest absolute Gasteiger partial charge is 0.146 e. The van der Waals surface area contributed by atoms with E-state index >= 15 is 0 Å². The molecule has 1 aliphatic rings. The summed E-state index contributed by atoms with van der Waals surface area (Å²) in [6, 6.07) is 7.90. The van der Waals surface area contributed by atoms with Crippen molar-refractivity contribution in [1.82, 2.24) is 0 Å². The number of methoxy groups -OCH3 is 1. The van der Waals surface area contributed by atoms with Gasteiger partial charge in [-0.1, -0.05) is 50.7 Å². The molecule has 1 aromatic carbocycles. The van der Waals surface area contributed by atoms with Gasteiger partial charge in [-0.2, -0.15) is 0 Å². The third-order valence-corrected chi connectivity index (χ3v) is 6.01. The predicted molar refractivity (Wildman–Crippen MR) is 110 cm³/mol. The monoisotopic (exact) mass is 359 g/mol. The fourth-order valence-corrected chi connectivity index (χ4v) is 4.27. The minimum atomic E-state index is -1.40. The van der Waals surface area contributed by atoms with Crippen LogP contribution in [0.4, 0.5) is 5.69 Å². The second kappa shape index (κ2) is 9.34. The highest BCUT2D eigenvalue weighted by molar-refractivity contribution is 8.14. The zero-order valence-corrected chi connectivity index (χ0v) is 17.2. The molecule has 0 saturated heterocycles. The fraction of sp³-hybridized carbons (Fsp3) is 0.550. The molecule has 0 aromatic heterocycles. The quantitative estimate of drug-likeness (QED) is 0.288. The molecule has 1 fully saturated rings. The summed E-state index contributed by atoms with van der Waals surface area (Å²) in [6.07, 6.45) is 6.91. The van der Waals surface area contributed by atoms with E-state index in [4.69, 9.17) is 9.73 Å². The average Bonchev–Trinajstić information content (AvgIpc) is 2.58. The Labute approximate surface area is 152 Å². The van der Waals surface area contributed by atoms with Crippen LogP contribution in [0.3, 0.4) is 0 Å². The van der Waals surface area contributed by atoms with Gasteiger partial charge in [0, 0.05) is 5.75 Å². The Morgan fingerprint density at radius 2 is 1.83 bits per heavy atom. The number of hydrogen-bond donors (Lipinski definition) is 0. The lowest BCUT2D eigenvalue weighted by molar-refractivity contribution is 0.391. The van der Waals surface area contributed by atoms with E-state index in [9.17, 15) is 0 Å². The number of ether oxygens (including phenoxy) is 1. The molecule has 130 valence electrons. The first-order valence-corrected chi connectivity index (χ1v) is 13.3. The topological polar surface area (TPSA) is 21.6 Å². The van der Waals surface area contributed by atoms with Crippen molar-refractivity contribution >= 4 is 30.6 Å². The van der Waals surface area contributed by atoms with Crippen LogP contribution < -0.4 is 4.74 Å². The number of benzene rings is 1.